The maximum Gasteiger partial charge on any atom is 0.508 e. The number of benzene rings is 1. The number of carbonyl (C=O) groups is 1. The van der Waals surface area contributed by atoms with Crippen molar-refractivity contribution in [2.75, 3.05) is 26.2 Å². The number of hydrogen-bond donors (Lipinski definition) is 0. The molecule has 0 aromatic heterocycles. The lowest BCUT2D eigenvalue weighted by Crippen LogP contribution is -2.25. The van der Waals surface area contributed by atoms with E-state index in [1.54, 1.807) is 0 Å². The number of hydrogen-bond acceptors (Lipinski definition) is 4. The zero-order chi connectivity index (χ0) is 13.9. The predicted octanol–water partition coefficient (Wildman–Crippen LogP) is 3.07. The van der Waals surface area contributed by atoms with Gasteiger partial charge in [-0.15, -0.1) is 0 Å². The first-order chi connectivity index (χ1) is 9.26. The summed E-state index contributed by atoms with van der Waals surface area (Å²) in [6.45, 7) is 7.90. The van der Waals surface area contributed by atoms with Gasteiger partial charge in [-0.3, -0.25) is 0 Å². The zero-order valence-corrected chi connectivity index (χ0v) is 11.8. The van der Waals surface area contributed by atoms with E-state index in [0.29, 0.717) is 6.61 Å². The topological polar surface area (TPSA) is 38.8 Å². The van der Waals surface area contributed by atoms with Crippen molar-refractivity contribution in [2.45, 2.75) is 26.9 Å². The fourth-order valence-corrected chi connectivity index (χ4v) is 1.74. The normalized spacial score (nSPS) is 10.5. The minimum Gasteiger partial charge on any atom is -0.434 e. The Morgan fingerprint density at radius 1 is 1.11 bits per heavy atom. The molecular formula is C15H23NO3. The molecule has 0 heterocycles. The van der Waals surface area contributed by atoms with Gasteiger partial charge in [0.05, 0.1) is 6.61 Å². The predicted molar refractivity (Wildman–Crippen MR) is 75.0 cm³/mol. The summed E-state index contributed by atoms with van der Waals surface area (Å²) in [5, 5.41) is 0. The summed E-state index contributed by atoms with van der Waals surface area (Å²) in [5.41, 5.74) is 0.961. The number of nitrogens with zero attached hydrogens (tertiary/aromatic N) is 1. The van der Waals surface area contributed by atoms with Crippen LogP contribution in [0.3, 0.4) is 0 Å². The number of ether oxygens (including phenoxy) is 2. The van der Waals surface area contributed by atoms with Gasteiger partial charge in [0, 0.05) is 6.54 Å². The van der Waals surface area contributed by atoms with Crippen molar-refractivity contribution in [3.63, 3.8) is 0 Å². The summed E-state index contributed by atoms with van der Waals surface area (Å²) in [7, 11) is 0. The molecular weight excluding hydrogens is 242 g/mol. The molecule has 0 aliphatic heterocycles. The molecule has 0 N–H and O–H groups in total. The van der Waals surface area contributed by atoms with Crippen molar-refractivity contribution in [2.24, 2.45) is 0 Å². The van der Waals surface area contributed by atoms with Crippen molar-refractivity contribution in [3.8, 4) is 0 Å². The second kappa shape index (κ2) is 9.39. The Hall–Kier alpha value is -1.55. The van der Waals surface area contributed by atoms with Gasteiger partial charge in [0.15, 0.2) is 0 Å². The average Bonchev–Trinajstić information content (AvgIpc) is 2.46. The molecule has 0 fully saturated rings. The van der Waals surface area contributed by atoms with E-state index in [2.05, 4.69) is 18.7 Å². The van der Waals surface area contributed by atoms with E-state index in [1.165, 1.54) is 0 Å². The lowest BCUT2D eigenvalue weighted by Gasteiger charge is -2.17. The van der Waals surface area contributed by atoms with Crippen molar-refractivity contribution < 1.29 is 14.3 Å². The Bertz CT molecular complexity index is 350. The Kier molecular flexibility index (Phi) is 7.66. The molecule has 0 unspecified atom stereocenters. The van der Waals surface area contributed by atoms with E-state index in [-0.39, 0.29) is 6.61 Å². The summed E-state index contributed by atoms with van der Waals surface area (Å²) in [4.78, 5) is 13.6. The summed E-state index contributed by atoms with van der Waals surface area (Å²) in [6, 6.07) is 9.57. The van der Waals surface area contributed by atoms with Crippen LogP contribution in [0.1, 0.15) is 25.8 Å². The second-order valence-corrected chi connectivity index (χ2v) is 4.25. The number of carbonyl (C=O) groups excluding carboxylic acids is 1. The van der Waals surface area contributed by atoms with Crippen LogP contribution in [0.2, 0.25) is 0 Å². The van der Waals surface area contributed by atoms with E-state index in [0.717, 1.165) is 31.6 Å². The van der Waals surface area contributed by atoms with E-state index in [9.17, 15) is 4.79 Å². The Labute approximate surface area is 115 Å². The van der Waals surface area contributed by atoms with Gasteiger partial charge in [0.2, 0.25) is 0 Å². The van der Waals surface area contributed by atoms with Gasteiger partial charge in [-0.2, -0.15) is 0 Å². The third-order valence-electron chi connectivity index (χ3n) is 2.93. The summed E-state index contributed by atoms with van der Waals surface area (Å²) in [5.74, 6) is 0. The quantitative estimate of drug-likeness (QED) is 0.535. The largest absolute Gasteiger partial charge is 0.508 e. The molecule has 0 atom stereocenters. The molecule has 1 aromatic rings. The molecule has 106 valence electrons. The highest BCUT2D eigenvalue weighted by molar-refractivity contribution is 5.59. The first-order valence-corrected chi connectivity index (χ1v) is 6.82. The summed E-state index contributed by atoms with van der Waals surface area (Å²) < 4.78 is 10.0. The standard InChI is InChI=1S/C15H23NO3/c1-3-16(4-2)11-8-12-18-15(17)19-13-14-9-6-5-7-10-14/h5-7,9-10H,3-4,8,11-13H2,1-2H3. The van der Waals surface area contributed by atoms with Gasteiger partial charge in [0.25, 0.3) is 0 Å². The van der Waals surface area contributed by atoms with Crippen LogP contribution in [-0.2, 0) is 16.1 Å². The van der Waals surface area contributed by atoms with Crippen LogP contribution < -0.4 is 0 Å². The molecule has 0 amide bonds. The summed E-state index contributed by atoms with van der Waals surface area (Å²) >= 11 is 0. The van der Waals surface area contributed by atoms with Crippen LogP contribution in [0.15, 0.2) is 30.3 Å². The Balaban J connectivity index is 2.08. The Morgan fingerprint density at radius 3 is 2.42 bits per heavy atom. The van der Waals surface area contributed by atoms with E-state index in [4.69, 9.17) is 9.47 Å². The van der Waals surface area contributed by atoms with Gasteiger partial charge in [-0.25, -0.2) is 4.79 Å². The Morgan fingerprint density at radius 2 is 1.79 bits per heavy atom. The third kappa shape index (κ3) is 6.82. The summed E-state index contributed by atoms with van der Waals surface area (Å²) in [6.07, 6.45) is 0.241. The van der Waals surface area contributed by atoms with Crippen molar-refractivity contribution in [3.05, 3.63) is 35.9 Å². The number of rotatable bonds is 8. The van der Waals surface area contributed by atoms with Crippen LogP contribution in [0, 0.1) is 0 Å². The van der Waals surface area contributed by atoms with E-state index < -0.39 is 6.16 Å². The molecule has 19 heavy (non-hydrogen) atoms. The van der Waals surface area contributed by atoms with Crippen LogP contribution in [0.25, 0.3) is 0 Å². The average molecular weight is 265 g/mol. The van der Waals surface area contributed by atoms with Gasteiger partial charge >= 0.3 is 6.16 Å². The molecule has 0 saturated heterocycles. The van der Waals surface area contributed by atoms with Gasteiger partial charge in [0.1, 0.15) is 6.61 Å². The van der Waals surface area contributed by atoms with Crippen LogP contribution in [0.4, 0.5) is 4.79 Å². The van der Waals surface area contributed by atoms with Crippen LogP contribution in [0.5, 0.6) is 0 Å². The van der Waals surface area contributed by atoms with Gasteiger partial charge < -0.3 is 14.4 Å². The molecule has 0 spiro atoms. The van der Waals surface area contributed by atoms with Crippen molar-refractivity contribution in [1.82, 2.24) is 4.90 Å². The fourth-order valence-electron chi connectivity index (χ4n) is 1.74. The second-order valence-electron chi connectivity index (χ2n) is 4.25. The first kappa shape index (κ1) is 15.5. The smallest absolute Gasteiger partial charge is 0.434 e. The van der Waals surface area contributed by atoms with Crippen molar-refractivity contribution >= 4 is 6.16 Å². The molecule has 4 nitrogen and oxygen atoms in total. The fraction of sp³-hybridized carbons (Fsp3) is 0.533. The van der Waals surface area contributed by atoms with Crippen LogP contribution in [-0.4, -0.2) is 37.3 Å². The van der Waals surface area contributed by atoms with Gasteiger partial charge in [-0.1, -0.05) is 44.2 Å². The highest BCUT2D eigenvalue weighted by atomic mass is 16.7. The third-order valence-corrected chi connectivity index (χ3v) is 2.93. The van der Waals surface area contributed by atoms with E-state index in [1.807, 2.05) is 30.3 Å². The lowest BCUT2D eigenvalue weighted by atomic mass is 10.2. The maximum absolute atomic E-state index is 11.3. The molecule has 0 saturated carbocycles. The molecule has 1 aromatic carbocycles. The maximum atomic E-state index is 11.3. The zero-order valence-electron chi connectivity index (χ0n) is 11.8. The molecule has 0 radical (unpaired) electrons. The molecule has 1 rings (SSSR count). The minimum atomic E-state index is -0.594. The van der Waals surface area contributed by atoms with Crippen LogP contribution >= 0.6 is 0 Å². The molecule has 0 aliphatic rings. The first-order valence-electron chi connectivity index (χ1n) is 6.82. The molecule has 0 bridgehead atoms. The monoisotopic (exact) mass is 265 g/mol. The molecule has 0 aliphatic carbocycles. The lowest BCUT2D eigenvalue weighted by molar-refractivity contribution is 0.0474. The highest BCUT2D eigenvalue weighted by Crippen LogP contribution is 2.02. The van der Waals surface area contributed by atoms with Crippen molar-refractivity contribution in [1.29, 1.82) is 0 Å². The SMILES string of the molecule is CCN(CC)CCCOC(=O)OCc1ccccc1. The minimum absolute atomic E-state index is 0.260. The van der Waals surface area contributed by atoms with Gasteiger partial charge in [-0.05, 0) is 25.1 Å². The molecule has 4 heteroatoms. The highest BCUT2D eigenvalue weighted by Gasteiger charge is 2.05. The van der Waals surface area contributed by atoms with E-state index >= 15 is 0 Å².